The van der Waals surface area contributed by atoms with Crippen molar-refractivity contribution in [1.82, 2.24) is 4.90 Å². The average Bonchev–Trinajstić information content (AvgIpc) is 2.59. The molecule has 1 fully saturated rings. The molecule has 1 aromatic rings. The predicted molar refractivity (Wildman–Crippen MR) is 78.8 cm³/mol. The maximum Gasteiger partial charge on any atom is 0.336 e. The summed E-state index contributed by atoms with van der Waals surface area (Å²) in [5, 5.41) is 0. The van der Waals surface area contributed by atoms with Crippen molar-refractivity contribution < 1.29 is 28.6 Å². The summed E-state index contributed by atoms with van der Waals surface area (Å²) in [6.45, 7) is 0.584. The van der Waals surface area contributed by atoms with Crippen LogP contribution in [0.2, 0.25) is 0 Å². The Morgan fingerprint density at radius 1 is 1.30 bits per heavy atom. The van der Waals surface area contributed by atoms with Crippen LogP contribution in [0.3, 0.4) is 0 Å². The summed E-state index contributed by atoms with van der Waals surface area (Å²) >= 11 is 0. The van der Waals surface area contributed by atoms with Gasteiger partial charge in [0.1, 0.15) is 5.75 Å². The third-order valence-corrected chi connectivity index (χ3v) is 3.30. The van der Waals surface area contributed by atoms with E-state index >= 15 is 0 Å². The van der Waals surface area contributed by atoms with Crippen LogP contribution in [0.15, 0.2) is 24.3 Å². The highest BCUT2D eigenvalue weighted by Gasteiger charge is 2.30. The number of esters is 1. The Morgan fingerprint density at radius 3 is 2.61 bits per heavy atom. The molecule has 8 heteroatoms. The number of amides is 2. The first kappa shape index (κ1) is 16.8. The minimum atomic E-state index is -0.768. The normalized spacial score (nSPS) is 17.4. The lowest BCUT2D eigenvalue weighted by atomic mass is 10.1. The van der Waals surface area contributed by atoms with E-state index in [1.807, 2.05) is 0 Å². The Labute approximate surface area is 133 Å². The number of nitrogens with zero attached hydrogens (tertiary/aromatic N) is 1. The van der Waals surface area contributed by atoms with Gasteiger partial charge in [-0.3, -0.25) is 9.59 Å². The summed E-state index contributed by atoms with van der Waals surface area (Å²) in [6, 6.07) is 6.32. The van der Waals surface area contributed by atoms with Gasteiger partial charge in [0.15, 0.2) is 12.7 Å². The molecule has 1 aliphatic rings. The highest BCUT2D eigenvalue weighted by atomic mass is 16.6. The highest BCUT2D eigenvalue weighted by molar-refractivity contribution is 5.94. The maximum atomic E-state index is 12.4. The van der Waals surface area contributed by atoms with E-state index in [2.05, 4.69) is 4.74 Å². The third kappa shape index (κ3) is 4.43. The van der Waals surface area contributed by atoms with E-state index in [1.165, 1.54) is 12.0 Å². The first-order valence-electron chi connectivity index (χ1n) is 7.01. The minimum absolute atomic E-state index is 0.144. The zero-order chi connectivity index (χ0) is 16.8. The summed E-state index contributed by atoms with van der Waals surface area (Å²) in [7, 11) is 1.28. The number of carbonyl (C=O) groups is 3. The fourth-order valence-electron chi connectivity index (χ4n) is 2.14. The number of methoxy groups -OCH3 is 1. The molecule has 23 heavy (non-hydrogen) atoms. The molecule has 0 spiro atoms. The molecule has 1 aliphatic heterocycles. The van der Waals surface area contributed by atoms with E-state index in [9.17, 15) is 14.4 Å². The number of carbonyl (C=O) groups excluding carboxylic acids is 3. The second-order valence-corrected chi connectivity index (χ2v) is 4.91. The second kappa shape index (κ2) is 7.59. The van der Waals surface area contributed by atoms with Gasteiger partial charge in [-0.25, -0.2) is 4.79 Å². The van der Waals surface area contributed by atoms with Gasteiger partial charge in [0.2, 0.25) is 0 Å². The number of primary amides is 1. The minimum Gasteiger partial charge on any atom is -0.484 e. The Balaban J connectivity index is 1.99. The van der Waals surface area contributed by atoms with Gasteiger partial charge < -0.3 is 24.8 Å². The van der Waals surface area contributed by atoms with Gasteiger partial charge in [0, 0.05) is 12.1 Å². The second-order valence-electron chi connectivity index (χ2n) is 4.91. The zero-order valence-electron chi connectivity index (χ0n) is 12.7. The summed E-state index contributed by atoms with van der Waals surface area (Å²) in [5.41, 5.74) is 5.44. The molecule has 1 aromatic carbocycles. The van der Waals surface area contributed by atoms with Crippen LogP contribution in [-0.2, 0) is 19.1 Å². The molecule has 2 amide bonds. The highest BCUT2D eigenvalue weighted by Crippen LogP contribution is 2.16. The standard InChI is InChI=1S/C15H18N2O6/c1-21-15(20)12-8-17(6-7-22-12)14(19)10-2-4-11(5-3-10)23-9-13(16)18/h2-5,12H,6-9H2,1H3,(H2,16,18). The van der Waals surface area contributed by atoms with Crippen molar-refractivity contribution in [1.29, 1.82) is 0 Å². The molecular weight excluding hydrogens is 304 g/mol. The number of hydrogen-bond donors (Lipinski definition) is 1. The van der Waals surface area contributed by atoms with Gasteiger partial charge in [-0.05, 0) is 24.3 Å². The van der Waals surface area contributed by atoms with E-state index < -0.39 is 18.0 Å². The summed E-state index contributed by atoms with van der Waals surface area (Å²) in [4.78, 5) is 36.1. The molecule has 8 nitrogen and oxygen atoms in total. The molecule has 1 saturated heterocycles. The number of ether oxygens (including phenoxy) is 3. The SMILES string of the molecule is COC(=O)C1CN(C(=O)c2ccc(OCC(N)=O)cc2)CCO1. The van der Waals surface area contributed by atoms with Crippen LogP contribution in [-0.4, -0.2) is 62.2 Å². The fraction of sp³-hybridized carbons (Fsp3) is 0.400. The van der Waals surface area contributed by atoms with Crippen LogP contribution in [0, 0.1) is 0 Å². The number of nitrogens with two attached hydrogens (primary N) is 1. The first-order chi connectivity index (χ1) is 11.0. The number of hydrogen-bond acceptors (Lipinski definition) is 6. The fourth-order valence-corrected chi connectivity index (χ4v) is 2.14. The van der Waals surface area contributed by atoms with Gasteiger partial charge in [0.25, 0.3) is 11.8 Å². The third-order valence-electron chi connectivity index (χ3n) is 3.30. The van der Waals surface area contributed by atoms with Gasteiger partial charge in [-0.15, -0.1) is 0 Å². The quantitative estimate of drug-likeness (QED) is 0.737. The maximum absolute atomic E-state index is 12.4. The summed E-state index contributed by atoms with van der Waals surface area (Å²) < 4.78 is 15.0. The average molecular weight is 322 g/mol. The Hall–Kier alpha value is -2.61. The molecule has 0 bridgehead atoms. The van der Waals surface area contributed by atoms with Crippen molar-refractivity contribution >= 4 is 17.8 Å². The molecule has 0 saturated carbocycles. The summed E-state index contributed by atoms with van der Waals surface area (Å²) in [5.74, 6) is -0.858. The van der Waals surface area contributed by atoms with Gasteiger partial charge >= 0.3 is 5.97 Å². The monoisotopic (exact) mass is 322 g/mol. The van der Waals surface area contributed by atoms with E-state index in [0.29, 0.717) is 17.9 Å². The molecule has 0 aromatic heterocycles. The Morgan fingerprint density at radius 2 is 2.00 bits per heavy atom. The molecule has 1 heterocycles. The van der Waals surface area contributed by atoms with Gasteiger partial charge in [-0.2, -0.15) is 0 Å². The molecule has 124 valence electrons. The summed E-state index contributed by atoms with van der Waals surface area (Å²) in [6.07, 6.45) is -0.768. The smallest absolute Gasteiger partial charge is 0.336 e. The van der Waals surface area contributed by atoms with Crippen LogP contribution in [0.4, 0.5) is 0 Å². The molecule has 0 radical (unpaired) electrons. The van der Waals surface area contributed by atoms with E-state index in [-0.39, 0.29) is 25.7 Å². The van der Waals surface area contributed by atoms with Crippen LogP contribution in [0.25, 0.3) is 0 Å². The first-order valence-corrected chi connectivity index (χ1v) is 7.01. The topological polar surface area (TPSA) is 108 Å². The van der Waals surface area contributed by atoms with Crippen LogP contribution in [0.5, 0.6) is 5.75 Å². The van der Waals surface area contributed by atoms with Gasteiger partial charge in [0.05, 0.1) is 20.3 Å². The van der Waals surface area contributed by atoms with E-state index in [0.717, 1.165) is 0 Å². The zero-order valence-corrected chi connectivity index (χ0v) is 12.7. The predicted octanol–water partition coefficient (Wildman–Crippen LogP) is -0.435. The number of morpholine rings is 1. The molecule has 2 N–H and O–H groups in total. The molecular formula is C15H18N2O6. The Bertz CT molecular complexity index is 586. The molecule has 2 rings (SSSR count). The lowest BCUT2D eigenvalue weighted by molar-refractivity contribution is -0.158. The molecule has 1 atom stereocenters. The van der Waals surface area contributed by atoms with E-state index in [4.69, 9.17) is 15.2 Å². The van der Waals surface area contributed by atoms with Gasteiger partial charge in [-0.1, -0.05) is 0 Å². The Kier molecular flexibility index (Phi) is 5.53. The van der Waals surface area contributed by atoms with Crippen LogP contribution in [0.1, 0.15) is 10.4 Å². The van der Waals surface area contributed by atoms with Crippen molar-refractivity contribution in [2.24, 2.45) is 5.73 Å². The van der Waals surface area contributed by atoms with E-state index in [1.54, 1.807) is 24.3 Å². The largest absolute Gasteiger partial charge is 0.484 e. The van der Waals surface area contributed by atoms with Crippen molar-refractivity contribution in [2.75, 3.05) is 33.4 Å². The lowest BCUT2D eigenvalue weighted by Crippen LogP contribution is -2.48. The van der Waals surface area contributed by atoms with Crippen LogP contribution < -0.4 is 10.5 Å². The van der Waals surface area contributed by atoms with Crippen LogP contribution >= 0.6 is 0 Å². The molecule has 0 aliphatic carbocycles. The number of rotatable bonds is 5. The van der Waals surface area contributed by atoms with Crippen molar-refractivity contribution in [3.8, 4) is 5.75 Å². The molecule has 1 unspecified atom stereocenters. The lowest BCUT2D eigenvalue weighted by Gasteiger charge is -2.31. The van der Waals surface area contributed by atoms with Crippen molar-refractivity contribution in [2.45, 2.75) is 6.10 Å². The van der Waals surface area contributed by atoms with Crippen molar-refractivity contribution in [3.05, 3.63) is 29.8 Å². The number of benzene rings is 1. The van der Waals surface area contributed by atoms with Crippen molar-refractivity contribution in [3.63, 3.8) is 0 Å².